The van der Waals surface area contributed by atoms with E-state index < -0.39 is 4.92 Å². The molecule has 2 heterocycles. The SMILES string of the molecule is O=[N+]([O-])c1ccc(NCCc2c[nH]c3cc(F)ccc23)nc1. The molecule has 2 aromatic heterocycles. The molecule has 0 fully saturated rings. The molecule has 0 aliphatic heterocycles. The highest BCUT2D eigenvalue weighted by Crippen LogP contribution is 2.20. The van der Waals surface area contributed by atoms with Crippen molar-refractivity contribution in [1.82, 2.24) is 9.97 Å². The largest absolute Gasteiger partial charge is 0.370 e. The molecule has 6 nitrogen and oxygen atoms in total. The third-order valence-corrected chi connectivity index (χ3v) is 3.39. The van der Waals surface area contributed by atoms with Crippen LogP contribution in [0, 0.1) is 15.9 Å². The molecule has 0 saturated heterocycles. The number of nitro groups is 1. The highest BCUT2D eigenvalue weighted by Gasteiger charge is 2.06. The Kier molecular flexibility index (Phi) is 3.69. The van der Waals surface area contributed by atoms with Crippen LogP contribution in [-0.4, -0.2) is 21.4 Å². The fourth-order valence-electron chi connectivity index (χ4n) is 2.29. The Labute approximate surface area is 125 Å². The van der Waals surface area contributed by atoms with Gasteiger partial charge in [-0.3, -0.25) is 10.1 Å². The van der Waals surface area contributed by atoms with E-state index in [1.165, 1.54) is 24.4 Å². The van der Waals surface area contributed by atoms with Crippen LogP contribution < -0.4 is 5.32 Å². The van der Waals surface area contributed by atoms with Gasteiger partial charge in [-0.15, -0.1) is 0 Å². The number of nitrogens with zero attached hydrogens (tertiary/aromatic N) is 2. The van der Waals surface area contributed by atoms with Crippen molar-refractivity contribution in [2.75, 3.05) is 11.9 Å². The number of benzene rings is 1. The van der Waals surface area contributed by atoms with Crippen molar-refractivity contribution in [3.8, 4) is 0 Å². The summed E-state index contributed by atoms with van der Waals surface area (Å²) in [5.74, 6) is 0.311. The highest BCUT2D eigenvalue weighted by atomic mass is 19.1. The molecule has 2 N–H and O–H groups in total. The summed E-state index contributed by atoms with van der Waals surface area (Å²) in [4.78, 5) is 17.1. The molecule has 0 spiro atoms. The topological polar surface area (TPSA) is 83.9 Å². The molecule has 0 atom stereocenters. The molecule has 1 aromatic carbocycles. The van der Waals surface area contributed by atoms with Crippen LogP contribution in [0.5, 0.6) is 0 Å². The number of fused-ring (bicyclic) bond motifs is 1. The van der Waals surface area contributed by atoms with Crippen LogP contribution in [0.1, 0.15) is 5.56 Å². The monoisotopic (exact) mass is 300 g/mol. The Morgan fingerprint density at radius 3 is 2.91 bits per heavy atom. The molecule has 0 saturated carbocycles. The Bertz CT molecular complexity index is 814. The lowest BCUT2D eigenvalue weighted by atomic mass is 10.1. The minimum Gasteiger partial charge on any atom is -0.370 e. The van der Waals surface area contributed by atoms with Crippen molar-refractivity contribution >= 4 is 22.4 Å². The quantitative estimate of drug-likeness (QED) is 0.559. The van der Waals surface area contributed by atoms with E-state index in [-0.39, 0.29) is 11.5 Å². The number of nitrogens with one attached hydrogen (secondary N) is 2. The van der Waals surface area contributed by atoms with Gasteiger partial charge in [0.25, 0.3) is 5.69 Å². The van der Waals surface area contributed by atoms with Gasteiger partial charge in [-0.2, -0.15) is 0 Å². The average Bonchev–Trinajstić information content (AvgIpc) is 2.90. The number of aromatic nitrogens is 2. The summed E-state index contributed by atoms with van der Waals surface area (Å²) >= 11 is 0. The van der Waals surface area contributed by atoms with E-state index in [0.29, 0.717) is 12.4 Å². The minimum absolute atomic E-state index is 0.0378. The van der Waals surface area contributed by atoms with E-state index >= 15 is 0 Å². The second-order valence-electron chi connectivity index (χ2n) is 4.84. The molecular formula is C15H13FN4O2. The number of halogens is 1. The number of aromatic amines is 1. The summed E-state index contributed by atoms with van der Waals surface area (Å²) < 4.78 is 13.1. The maximum absolute atomic E-state index is 13.1. The Hall–Kier alpha value is -2.96. The van der Waals surface area contributed by atoms with Crippen molar-refractivity contribution in [3.05, 3.63) is 64.2 Å². The highest BCUT2D eigenvalue weighted by molar-refractivity contribution is 5.83. The third kappa shape index (κ3) is 2.88. The van der Waals surface area contributed by atoms with Gasteiger partial charge in [0, 0.05) is 29.7 Å². The molecule has 0 radical (unpaired) electrons. The molecule has 3 rings (SSSR count). The molecule has 7 heteroatoms. The summed E-state index contributed by atoms with van der Waals surface area (Å²) in [6.45, 7) is 0.620. The Morgan fingerprint density at radius 2 is 2.18 bits per heavy atom. The first-order valence-corrected chi connectivity index (χ1v) is 6.73. The summed E-state index contributed by atoms with van der Waals surface area (Å²) in [6.07, 6.45) is 3.80. The molecule has 0 aliphatic rings. The van der Waals surface area contributed by atoms with Gasteiger partial charge in [0.2, 0.25) is 0 Å². The van der Waals surface area contributed by atoms with E-state index in [0.717, 1.165) is 22.9 Å². The molecule has 0 aliphatic carbocycles. The van der Waals surface area contributed by atoms with Crippen LogP contribution in [0.3, 0.4) is 0 Å². The molecular weight excluding hydrogens is 287 g/mol. The van der Waals surface area contributed by atoms with Gasteiger partial charge in [-0.1, -0.05) is 0 Å². The minimum atomic E-state index is -0.484. The first-order valence-electron chi connectivity index (χ1n) is 6.73. The lowest BCUT2D eigenvalue weighted by molar-refractivity contribution is -0.385. The third-order valence-electron chi connectivity index (χ3n) is 3.39. The van der Waals surface area contributed by atoms with Crippen molar-refractivity contribution in [1.29, 1.82) is 0 Å². The molecule has 3 aromatic rings. The van der Waals surface area contributed by atoms with E-state index in [1.54, 1.807) is 12.1 Å². The van der Waals surface area contributed by atoms with Crippen LogP contribution in [0.25, 0.3) is 10.9 Å². The summed E-state index contributed by atoms with van der Waals surface area (Å²) in [5, 5.41) is 14.6. The van der Waals surface area contributed by atoms with Gasteiger partial charge >= 0.3 is 0 Å². The lowest BCUT2D eigenvalue weighted by Gasteiger charge is -2.04. The second kappa shape index (κ2) is 5.80. The number of H-pyrrole nitrogens is 1. The number of anilines is 1. The normalized spacial score (nSPS) is 10.8. The van der Waals surface area contributed by atoms with Crippen molar-refractivity contribution < 1.29 is 9.31 Å². The second-order valence-corrected chi connectivity index (χ2v) is 4.84. The first kappa shape index (κ1) is 14.0. The fourth-order valence-corrected chi connectivity index (χ4v) is 2.29. The predicted octanol–water partition coefficient (Wildman–Crippen LogP) is 3.26. The predicted molar refractivity (Wildman–Crippen MR) is 81.3 cm³/mol. The van der Waals surface area contributed by atoms with Gasteiger partial charge in [0.1, 0.15) is 17.8 Å². The van der Waals surface area contributed by atoms with E-state index in [4.69, 9.17) is 0 Å². The van der Waals surface area contributed by atoms with Crippen molar-refractivity contribution in [2.24, 2.45) is 0 Å². The number of hydrogen-bond acceptors (Lipinski definition) is 4. The maximum Gasteiger partial charge on any atom is 0.287 e. The van der Waals surface area contributed by atoms with Crippen LogP contribution in [0.4, 0.5) is 15.9 Å². The molecule has 0 amide bonds. The van der Waals surface area contributed by atoms with Crippen LogP contribution in [-0.2, 0) is 6.42 Å². The zero-order valence-electron chi connectivity index (χ0n) is 11.5. The van der Waals surface area contributed by atoms with Gasteiger partial charge in [-0.25, -0.2) is 9.37 Å². The van der Waals surface area contributed by atoms with Gasteiger partial charge < -0.3 is 10.3 Å². The Morgan fingerprint density at radius 1 is 1.32 bits per heavy atom. The lowest BCUT2D eigenvalue weighted by Crippen LogP contribution is -2.06. The van der Waals surface area contributed by atoms with Gasteiger partial charge in [0.05, 0.1) is 4.92 Å². The summed E-state index contributed by atoms with van der Waals surface area (Å²) in [6, 6.07) is 7.63. The van der Waals surface area contributed by atoms with Crippen LogP contribution >= 0.6 is 0 Å². The zero-order valence-corrected chi connectivity index (χ0v) is 11.5. The summed E-state index contributed by atoms with van der Waals surface area (Å²) in [7, 11) is 0. The molecule has 0 unspecified atom stereocenters. The van der Waals surface area contributed by atoms with Gasteiger partial charge in [0.15, 0.2) is 0 Å². The standard InChI is InChI=1S/C15H13FN4O2/c16-11-1-3-13-10(8-18-14(13)7-11)5-6-17-15-4-2-12(9-19-15)20(21)22/h1-4,7-9,18H,5-6H2,(H,17,19). The van der Waals surface area contributed by atoms with Crippen LogP contribution in [0.2, 0.25) is 0 Å². The Balaban J connectivity index is 1.63. The smallest absolute Gasteiger partial charge is 0.287 e. The van der Waals surface area contributed by atoms with Crippen molar-refractivity contribution in [2.45, 2.75) is 6.42 Å². The first-order chi connectivity index (χ1) is 10.6. The maximum atomic E-state index is 13.1. The van der Waals surface area contributed by atoms with E-state index in [9.17, 15) is 14.5 Å². The number of rotatable bonds is 5. The van der Waals surface area contributed by atoms with Crippen LogP contribution in [0.15, 0.2) is 42.7 Å². The zero-order chi connectivity index (χ0) is 15.5. The average molecular weight is 300 g/mol. The number of hydrogen-bond donors (Lipinski definition) is 2. The van der Waals surface area contributed by atoms with Gasteiger partial charge in [-0.05, 0) is 36.2 Å². The molecule has 0 bridgehead atoms. The fraction of sp³-hybridized carbons (Fsp3) is 0.133. The van der Waals surface area contributed by atoms with Crippen molar-refractivity contribution in [3.63, 3.8) is 0 Å². The summed E-state index contributed by atoms with van der Waals surface area (Å²) in [5.41, 5.74) is 1.80. The number of pyridine rings is 1. The molecule has 22 heavy (non-hydrogen) atoms. The van der Waals surface area contributed by atoms with E-state index in [2.05, 4.69) is 15.3 Å². The van der Waals surface area contributed by atoms with E-state index in [1.807, 2.05) is 6.20 Å². The molecule has 112 valence electrons.